The topological polar surface area (TPSA) is 54.7 Å². The van der Waals surface area contributed by atoms with Gasteiger partial charge in [-0.1, -0.05) is 24.3 Å². The van der Waals surface area contributed by atoms with E-state index < -0.39 is 0 Å². The Bertz CT molecular complexity index is 1010. The van der Waals surface area contributed by atoms with Crippen molar-refractivity contribution in [2.24, 2.45) is 5.73 Å². The third-order valence-corrected chi connectivity index (χ3v) is 6.06. The van der Waals surface area contributed by atoms with Crippen LogP contribution >= 0.6 is 11.3 Å². The van der Waals surface area contributed by atoms with E-state index in [1.165, 1.54) is 38.0 Å². The van der Waals surface area contributed by atoms with Gasteiger partial charge in [-0.05, 0) is 68.5 Å². The average molecular weight is 350 g/mol. The van der Waals surface area contributed by atoms with Crippen LogP contribution in [0.4, 0.5) is 0 Å². The SMILES string of the molecule is Cc1ccc2c(CCCCN)c(-c3nc4ccccc4s3)[nH]c2c1C. The van der Waals surface area contributed by atoms with E-state index in [4.69, 9.17) is 10.7 Å². The Hall–Kier alpha value is -2.17. The number of rotatable bonds is 5. The number of fused-ring (bicyclic) bond motifs is 2. The second-order valence-corrected chi connectivity index (χ2v) is 7.67. The predicted octanol–water partition coefficient (Wildman–Crippen LogP) is 5.34. The Kier molecular flexibility index (Phi) is 4.32. The Balaban J connectivity index is 1.91. The molecule has 3 nitrogen and oxygen atoms in total. The third kappa shape index (κ3) is 2.86. The highest BCUT2D eigenvalue weighted by Crippen LogP contribution is 2.37. The third-order valence-electron chi connectivity index (χ3n) is 5.00. The van der Waals surface area contributed by atoms with Gasteiger partial charge in [-0.15, -0.1) is 11.3 Å². The lowest BCUT2D eigenvalue weighted by molar-refractivity contribution is 0.748. The molecule has 0 unspecified atom stereocenters. The second kappa shape index (κ2) is 6.62. The van der Waals surface area contributed by atoms with E-state index in [9.17, 15) is 0 Å². The summed E-state index contributed by atoms with van der Waals surface area (Å²) in [6.07, 6.45) is 3.19. The van der Waals surface area contributed by atoms with Crippen molar-refractivity contribution in [2.45, 2.75) is 33.1 Å². The zero-order valence-corrected chi connectivity index (χ0v) is 15.5. The van der Waals surface area contributed by atoms with Gasteiger partial charge in [-0.2, -0.15) is 0 Å². The molecule has 128 valence electrons. The summed E-state index contributed by atoms with van der Waals surface area (Å²) in [5.74, 6) is 0. The summed E-state index contributed by atoms with van der Waals surface area (Å²) in [4.78, 5) is 8.58. The van der Waals surface area contributed by atoms with Crippen LogP contribution in [0.2, 0.25) is 0 Å². The summed E-state index contributed by atoms with van der Waals surface area (Å²) in [7, 11) is 0. The van der Waals surface area contributed by atoms with Crippen molar-refractivity contribution in [3.05, 3.63) is 53.1 Å². The molecule has 0 aliphatic carbocycles. The first-order valence-electron chi connectivity index (χ1n) is 8.86. The van der Waals surface area contributed by atoms with Crippen molar-refractivity contribution in [3.63, 3.8) is 0 Å². The molecule has 25 heavy (non-hydrogen) atoms. The van der Waals surface area contributed by atoms with E-state index >= 15 is 0 Å². The van der Waals surface area contributed by atoms with Crippen molar-refractivity contribution >= 4 is 32.5 Å². The minimum absolute atomic E-state index is 0.747. The van der Waals surface area contributed by atoms with E-state index in [-0.39, 0.29) is 0 Å². The van der Waals surface area contributed by atoms with Crippen LogP contribution < -0.4 is 5.73 Å². The monoisotopic (exact) mass is 349 g/mol. The fourth-order valence-electron chi connectivity index (χ4n) is 3.43. The molecule has 0 aliphatic rings. The Morgan fingerprint density at radius 2 is 1.92 bits per heavy atom. The van der Waals surface area contributed by atoms with Gasteiger partial charge in [0.2, 0.25) is 0 Å². The van der Waals surface area contributed by atoms with E-state index in [1.54, 1.807) is 11.3 Å². The molecule has 2 aromatic heterocycles. The first kappa shape index (κ1) is 16.3. The van der Waals surface area contributed by atoms with Gasteiger partial charge in [-0.3, -0.25) is 0 Å². The van der Waals surface area contributed by atoms with Gasteiger partial charge in [0.05, 0.1) is 15.9 Å². The zero-order valence-electron chi connectivity index (χ0n) is 14.7. The lowest BCUT2D eigenvalue weighted by Gasteiger charge is -2.04. The normalized spacial score (nSPS) is 11.6. The first-order valence-corrected chi connectivity index (χ1v) is 9.67. The fourth-order valence-corrected chi connectivity index (χ4v) is 4.42. The summed E-state index contributed by atoms with van der Waals surface area (Å²) in [5.41, 5.74) is 13.2. The number of nitrogens with two attached hydrogens (primary N) is 1. The van der Waals surface area contributed by atoms with Gasteiger partial charge in [0.25, 0.3) is 0 Å². The number of nitrogens with one attached hydrogen (secondary N) is 1. The minimum Gasteiger partial charge on any atom is -0.352 e. The van der Waals surface area contributed by atoms with Crippen molar-refractivity contribution in [2.75, 3.05) is 6.54 Å². The number of H-pyrrole nitrogens is 1. The zero-order chi connectivity index (χ0) is 17.4. The number of para-hydroxylation sites is 1. The summed E-state index contributed by atoms with van der Waals surface area (Å²) >= 11 is 1.76. The maximum absolute atomic E-state index is 5.71. The molecule has 0 spiro atoms. The van der Waals surface area contributed by atoms with Crippen LogP contribution in [-0.2, 0) is 6.42 Å². The molecule has 0 fully saturated rings. The Morgan fingerprint density at radius 1 is 1.08 bits per heavy atom. The van der Waals surface area contributed by atoms with E-state index in [1.807, 2.05) is 6.07 Å². The number of aromatic nitrogens is 2. The van der Waals surface area contributed by atoms with Crippen molar-refractivity contribution in [3.8, 4) is 10.7 Å². The maximum atomic E-state index is 5.71. The standard InChI is InChI=1S/C21H23N3S/c1-13-10-11-16-15(7-5-6-12-22)20(24-19(16)14(13)2)21-23-17-8-3-4-9-18(17)25-21/h3-4,8-11,24H,5-7,12,22H2,1-2H3. The van der Waals surface area contributed by atoms with Crippen LogP contribution in [-0.4, -0.2) is 16.5 Å². The molecule has 0 atom stereocenters. The molecule has 0 bridgehead atoms. The predicted molar refractivity (Wildman–Crippen MR) is 108 cm³/mol. The smallest absolute Gasteiger partial charge is 0.141 e. The summed E-state index contributed by atoms with van der Waals surface area (Å²) in [6.45, 7) is 5.11. The van der Waals surface area contributed by atoms with E-state index in [0.717, 1.165) is 36.3 Å². The highest BCUT2D eigenvalue weighted by atomic mass is 32.1. The molecule has 0 aliphatic heterocycles. The molecule has 3 N–H and O–H groups in total. The number of aromatic amines is 1. The summed E-state index contributed by atoms with van der Waals surface area (Å²) in [5, 5.41) is 2.41. The molecule has 2 aromatic carbocycles. The van der Waals surface area contributed by atoms with Crippen molar-refractivity contribution in [1.29, 1.82) is 0 Å². The first-order chi connectivity index (χ1) is 12.2. The van der Waals surface area contributed by atoms with E-state index in [2.05, 4.69) is 49.2 Å². The van der Waals surface area contributed by atoms with Crippen LogP contribution in [0.1, 0.15) is 29.5 Å². The molecular formula is C21H23N3S. The van der Waals surface area contributed by atoms with Gasteiger partial charge in [0, 0.05) is 10.9 Å². The molecule has 4 rings (SSSR count). The van der Waals surface area contributed by atoms with Gasteiger partial charge in [0.15, 0.2) is 0 Å². The number of hydrogen-bond donors (Lipinski definition) is 2. The van der Waals surface area contributed by atoms with Crippen LogP contribution in [0.15, 0.2) is 36.4 Å². The molecule has 0 saturated heterocycles. The highest BCUT2D eigenvalue weighted by molar-refractivity contribution is 7.21. The number of unbranched alkanes of at least 4 members (excludes halogenated alkanes) is 1. The van der Waals surface area contributed by atoms with Crippen molar-refractivity contribution in [1.82, 2.24) is 9.97 Å². The van der Waals surface area contributed by atoms with Crippen LogP contribution in [0.3, 0.4) is 0 Å². The van der Waals surface area contributed by atoms with Crippen LogP contribution in [0.25, 0.3) is 31.8 Å². The maximum Gasteiger partial charge on any atom is 0.141 e. The lowest BCUT2D eigenvalue weighted by atomic mass is 10.0. The summed E-state index contributed by atoms with van der Waals surface area (Å²) < 4.78 is 1.23. The second-order valence-electron chi connectivity index (χ2n) is 6.64. The summed E-state index contributed by atoms with van der Waals surface area (Å²) in [6, 6.07) is 12.8. The average Bonchev–Trinajstić information content (AvgIpc) is 3.20. The van der Waals surface area contributed by atoms with E-state index in [0.29, 0.717) is 0 Å². The van der Waals surface area contributed by atoms with Crippen molar-refractivity contribution < 1.29 is 0 Å². The van der Waals surface area contributed by atoms with Gasteiger partial charge in [-0.25, -0.2) is 4.98 Å². The lowest BCUT2D eigenvalue weighted by Crippen LogP contribution is -1.99. The molecule has 0 amide bonds. The number of benzene rings is 2. The number of aryl methyl sites for hydroxylation is 3. The number of thiazole rings is 1. The molecule has 2 heterocycles. The largest absolute Gasteiger partial charge is 0.352 e. The van der Waals surface area contributed by atoms with Gasteiger partial charge >= 0.3 is 0 Å². The van der Waals surface area contributed by atoms with Crippen LogP contribution in [0.5, 0.6) is 0 Å². The van der Waals surface area contributed by atoms with Gasteiger partial charge < -0.3 is 10.7 Å². The molecule has 4 heteroatoms. The molecule has 0 saturated carbocycles. The molecular weight excluding hydrogens is 326 g/mol. The number of hydrogen-bond acceptors (Lipinski definition) is 3. The van der Waals surface area contributed by atoms with Gasteiger partial charge in [0.1, 0.15) is 5.01 Å². The molecule has 4 aromatic rings. The quantitative estimate of drug-likeness (QED) is 0.478. The van der Waals surface area contributed by atoms with Crippen LogP contribution in [0, 0.1) is 13.8 Å². The Morgan fingerprint density at radius 3 is 2.72 bits per heavy atom. The fraction of sp³-hybridized carbons (Fsp3) is 0.286. The highest BCUT2D eigenvalue weighted by Gasteiger charge is 2.17. The minimum atomic E-state index is 0.747. The Labute approximate surface area is 151 Å². The molecule has 0 radical (unpaired) electrons. The number of nitrogens with zero attached hydrogens (tertiary/aromatic N) is 1.